The molecule has 3 aliphatic heterocycles. The Hall–Kier alpha value is -2.97. The molecule has 1 aromatic heterocycles. The molecule has 0 bridgehead atoms. The van der Waals surface area contributed by atoms with Crippen LogP contribution >= 0.6 is 11.6 Å². The standard InChI is InChI=1S/C27H33ClN6O2/c1-19-17-20(11-12-29-19)26(36)31-27-30-23-9-4-8-22(28)25(23)34(27)21-7-2-3-16-33(18-21)24(35)10-5-13-32-14-6-15-32/h4-5,8-10,17,21H,2-3,6-7,11-16,18H2,1H3,(H,30,31,36)/b10-5+/t21-/m1/s1. The van der Waals surface area contributed by atoms with Gasteiger partial charge in [-0.3, -0.25) is 24.8 Å². The molecule has 1 atom stereocenters. The summed E-state index contributed by atoms with van der Waals surface area (Å²) in [4.78, 5) is 39.6. The van der Waals surface area contributed by atoms with E-state index in [0.717, 1.165) is 62.2 Å². The number of hydrogen-bond donors (Lipinski definition) is 1. The number of amides is 2. The van der Waals surface area contributed by atoms with Crippen LogP contribution in [-0.2, 0) is 9.59 Å². The number of hydrogen-bond acceptors (Lipinski definition) is 5. The molecule has 2 fully saturated rings. The van der Waals surface area contributed by atoms with Crippen LogP contribution in [0.3, 0.4) is 0 Å². The van der Waals surface area contributed by atoms with Gasteiger partial charge in [0.15, 0.2) is 0 Å². The fraction of sp³-hybridized carbons (Fsp3) is 0.481. The lowest BCUT2D eigenvalue weighted by molar-refractivity contribution is -0.126. The summed E-state index contributed by atoms with van der Waals surface area (Å²) in [5.74, 6) is 0.329. The van der Waals surface area contributed by atoms with Gasteiger partial charge in [0.2, 0.25) is 11.9 Å². The van der Waals surface area contributed by atoms with E-state index in [0.29, 0.717) is 36.1 Å². The molecular formula is C27H33ClN6O2. The number of rotatable bonds is 6. The van der Waals surface area contributed by atoms with Crippen molar-refractivity contribution in [2.75, 3.05) is 44.6 Å². The number of aromatic nitrogens is 2. The molecule has 0 aliphatic carbocycles. The molecule has 4 heterocycles. The third kappa shape index (κ3) is 5.39. The first-order valence-electron chi connectivity index (χ1n) is 12.9. The molecule has 0 radical (unpaired) electrons. The molecule has 8 nitrogen and oxygen atoms in total. The van der Waals surface area contributed by atoms with Gasteiger partial charge in [0.1, 0.15) is 0 Å². The highest BCUT2D eigenvalue weighted by Crippen LogP contribution is 2.34. The molecule has 2 aromatic rings. The van der Waals surface area contributed by atoms with E-state index in [1.807, 2.05) is 46.7 Å². The van der Waals surface area contributed by atoms with Crippen molar-refractivity contribution in [3.8, 4) is 0 Å². The van der Waals surface area contributed by atoms with E-state index in [1.54, 1.807) is 6.08 Å². The number of nitrogens with one attached hydrogen (secondary N) is 1. The minimum Gasteiger partial charge on any atom is -0.337 e. The number of halogens is 1. The Morgan fingerprint density at radius 1 is 1.19 bits per heavy atom. The number of likely N-dealkylation sites (tertiary alicyclic amines) is 2. The summed E-state index contributed by atoms with van der Waals surface area (Å²) >= 11 is 6.66. The van der Waals surface area contributed by atoms with Gasteiger partial charge in [-0.25, -0.2) is 4.98 Å². The maximum absolute atomic E-state index is 13.2. The second-order valence-electron chi connectivity index (χ2n) is 9.80. The van der Waals surface area contributed by atoms with Crippen molar-refractivity contribution in [1.29, 1.82) is 0 Å². The van der Waals surface area contributed by atoms with Gasteiger partial charge in [-0.15, -0.1) is 0 Å². The quantitative estimate of drug-likeness (QED) is 0.592. The van der Waals surface area contributed by atoms with Crippen molar-refractivity contribution in [2.24, 2.45) is 4.99 Å². The molecule has 3 aliphatic rings. The maximum atomic E-state index is 13.2. The number of nitrogens with zero attached hydrogens (tertiary/aromatic N) is 5. The van der Waals surface area contributed by atoms with Crippen LogP contribution in [0.4, 0.5) is 5.95 Å². The Kier molecular flexibility index (Phi) is 7.53. The fourth-order valence-corrected chi connectivity index (χ4v) is 5.40. The van der Waals surface area contributed by atoms with E-state index in [1.165, 1.54) is 6.42 Å². The normalized spacial score (nSPS) is 21.2. The van der Waals surface area contributed by atoms with Crippen molar-refractivity contribution in [2.45, 2.75) is 45.1 Å². The molecule has 0 spiro atoms. The third-order valence-electron chi connectivity index (χ3n) is 7.20. The average Bonchev–Trinajstić information content (AvgIpc) is 3.02. The number of benzene rings is 1. The monoisotopic (exact) mass is 508 g/mol. The second-order valence-corrected chi connectivity index (χ2v) is 10.2. The molecule has 9 heteroatoms. The van der Waals surface area contributed by atoms with Crippen molar-refractivity contribution >= 4 is 46.1 Å². The van der Waals surface area contributed by atoms with Gasteiger partial charge >= 0.3 is 0 Å². The first-order chi connectivity index (χ1) is 17.5. The SMILES string of the molecule is CC1=NCCC(C(=O)Nc2nc3cccc(Cl)c3n2[C@@H]2CCCCN(C(=O)/C=C/CN3CCC3)C2)=C1. The van der Waals surface area contributed by atoms with Crippen LogP contribution in [0.25, 0.3) is 11.0 Å². The Bertz CT molecular complexity index is 1240. The third-order valence-corrected chi connectivity index (χ3v) is 7.50. The van der Waals surface area contributed by atoms with E-state index in [4.69, 9.17) is 16.6 Å². The highest BCUT2D eigenvalue weighted by Gasteiger charge is 2.28. The minimum atomic E-state index is -0.174. The lowest BCUT2D eigenvalue weighted by Crippen LogP contribution is -2.37. The summed E-state index contributed by atoms with van der Waals surface area (Å²) in [7, 11) is 0. The predicted octanol–water partition coefficient (Wildman–Crippen LogP) is 4.23. The van der Waals surface area contributed by atoms with Gasteiger partial charge in [0.25, 0.3) is 5.91 Å². The molecule has 0 unspecified atom stereocenters. The summed E-state index contributed by atoms with van der Waals surface area (Å²) in [6, 6.07) is 5.56. The maximum Gasteiger partial charge on any atom is 0.254 e. The number of aliphatic imine (C=N–C) groups is 1. The number of imidazole rings is 1. The van der Waals surface area contributed by atoms with E-state index in [2.05, 4.69) is 15.2 Å². The van der Waals surface area contributed by atoms with Crippen LogP contribution < -0.4 is 5.32 Å². The molecule has 0 saturated carbocycles. The number of dihydropyridines is 1. The van der Waals surface area contributed by atoms with Crippen LogP contribution in [0, 0.1) is 0 Å². The lowest BCUT2D eigenvalue weighted by Gasteiger charge is -2.29. The minimum absolute atomic E-state index is 0.0330. The summed E-state index contributed by atoms with van der Waals surface area (Å²) in [5.41, 5.74) is 3.06. The Morgan fingerprint density at radius 2 is 2.06 bits per heavy atom. The van der Waals surface area contributed by atoms with Gasteiger partial charge in [-0.1, -0.05) is 23.7 Å². The molecule has 5 rings (SSSR count). The topological polar surface area (TPSA) is 82.8 Å². The van der Waals surface area contributed by atoms with Crippen molar-refractivity contribution in [3.05, 3.63) is 47.0 Å². The van der Waals surface area contributed by atoms with E-state index < -0.39 is 0 Å². The van der Waals surface area contributed by atoms with E-state index in [-0.39, 0.29) is 17.9 Å². The Labute approximate surface area is 216 Å². The van der Waals surface area contributed by atoms with Gasteiger partial charge in [-0.2, -0.15) is 0 Å². The summed E-state index contributed by atoms with van der Waals surface area (Å²) in [6.07, 6.45) is 10.1. The molecular weight excluding hydrogens is 476 g/mol. The molecule has 2 saturated heterocycles. The molecule has 1 N–H and O–H groups in total. The summed E-state index contributed by atoms with van der Waals surface area (Å²) in [6.45, 7) is 6.81. The van der Waals surface area contributed by atoms with Gasteiger partial charge in [-0.05, 0) is 70.3 Å². The molecule has 36 heavy (non-hydrogen) atoms. The zero-order chi connectivity index (χ0) is 25.1. The van der Waals surface area contributed by atoms with E-state index >= 15 is 0 Å². The van der Waals surface area contributed by atoms with Crippen LogP contribution in [-0.4, -0.2) is 76.1 Å². The van der Waals surface area contributed by atoms with Crippen LogP contribution in [0.1, 0.15) is 45.1 Å². The van der Waals surface area contributed by atoms with Gasteiger partial charge in [0.05, 0.1) is 22.1 Å². The Morgan fingerprint density at radius 3 is 2.83 bits per heavy atom. The number of allylic oxidation sites excluding steroid dienone is 1. The fourth-order valence-electron chi connectivity index (χ4n) is 5.14. The average molecular weight is 509 g/mol. The number of anilines is 1. The van der Waals surface area contributed by atoms with Crippen LogP contribution in [0.2, 0.25) is 5.02 Å². The number of para-hydroxylation sites is 1. The smallest absolute Gasteiger partial charge is 0.254 e. The van der Waals surface area contributed by atoms with Crippen LogP contribution in [0.5, 0.6) is 0 Å². The highest BCUT2D eigenvalue weighted by molar-refractivity contribution is 6.35. The first kappa shape index (κ1) is 24.7. The van der Waals surface area contributed by atoms with Crippen molar-refractivity contribution in [3.63, 3.8) is 0 Å². The van der Waals surface area contributed by atoms with Crippen molar-refractivity contribution < 1.29 is 9.59 Å². The van der Waals surface area contributed by atoms with Crippen LogP contribution in [0.15, 0.2) is 47.0 Å². The molecule has 190 valence electrons. The summed E-state index contributed by atoms with van der Waals surface area (Å²) < 4.78 is 2.04. The lowest BCUT2D eigenvalue weighted by atomic mass is 10.1. The van der Waals surface area contributed by atoms with Gasteiger partial charge in [0, 0.05) is 43.5 Å². The molecule has 2 amide bonds. The zero-order valence-electron chi connectivity index (χ0n) is 20.8. The summed E-state index contributed by atoms with van der Waals surface area (Å²) in [5, 5.41) is 3.63. The largest absolute Gasteiger partial charge is 0.337 e. The first-order valence-corrected chi connectivity index (χ1v) is 13.2. The number of carbonyl (C=O) groups excluding carboxylic acids is 2. The second kappa shape index (κ2) is 11.0. The number of carbonyl (C=O) groups is 2. The highest BCUT2D eigenvalue weighted by atomic mass is 35.5. The predicted molar refractivity (Wildman–Crippen MR) is 144 cm³/mol. The number of fused-ring (bicyclic) bond motifs is 1. The van der Waals surface area contributed by atoms with Crippen molar-refractivity contribution in [1.82, 2.24) is 19.4 Å². The zero-order valence-corrected chi connectivity index (χ0v) is 21.5. The van der Waals surface area contributed by atoms with E-state index in [9.17, 15) is 9.59 Å². The molecule has 1 aromatic carbocycles. The Balaban J connectivity index is 1.42. The van der Waals surface area contributed by atoms with Gasteiger partial charge < -0.3 is 9.47 Å².